The zero-order valence-corrected chi connectivity index (χ0v) is 20.3. The number of aliphatic hydroxyl groups excluding tert-OH is 1. The lowest BCUT2D eigenvalue weighted by Gasteiger charge is -2.29. The molecule has 4 heterocycles. The van der Waals surface area contributed by atoms with E-state index in [1.54, 1.807) is 13.0 Å². The maximum atomic E-state index is 14.9. The van der Waals surface area contributed by atoms with Gasteiger partial charge in [-0.25, -0.2) is 14.2 Å². The second-order valence-electron chi connectivity index (χ2n) is 9.51. The van der Waals surface area contributed by atoms with E-state index in [9.17, 15) is 28.7 Å². The number of halogens is 1. The van der Waals surface area contributed by atoms with Crippen LogP contribution in [0.25, 0.3) is 22.3 Å². The molecular formula is C26H23FN4O7. The third kappa shape index (κ3) is 3.59. The third-order valence-corrected chi connectivity index (χ3v) is 7.49. The number of pyridine rings is 2. The number of ether oxygens (including phenoxy) is 2. The quantitative estimate of drug-likeness (QED) is 0.191. The Morgan fingerprint density at radius 2 is 2.13 bits per heavy atom. The van der Waals surface area contributed by atoms with Crippen molar-refractivity contribution in [3.63, 3.8) is 0 Å². The molecule has 3 N–H and O–H groups in total. The number of benzene rings is 1. The zero-order valence-electron chi connectivity index (χ0n) is 20.3. The fraction of sp³-hybridized carbons (Fsp3) is 0.346. The van der Waals surface area contributed by atoms with Gasteiger partial charge < -0.3 is 29.8 Å². The Kier molecular flexibility index (Phi) is 5.73. The summed E-state index contributed by atoms with van der Waals surface area (Å²) in [7, 11) is 0. The molecule has 2 aromatic heterocycles. The SMILES string of the molecule is Cc1c(F)cc2nc3c(c4c2c1CCC4OCNC(=O)CNC=O)Cn1c-3cc2c(c1=O)COC(=O)C2O. The number of rotatable bonds is 6. The standard InChI is InChI=1S/C26H23FN4O7/c1-11-12-2-3-19(38-10-29-20(33)6-28-9-32)22-14-7-31-18(23(14)30-17(21(12)22)5-16(11)27)4-13-15(25(31)35)8-37-26(36)24(13)34/h4-5,9,19,24,34H,2-3,6-8,10H2,1H3,(H,28,32)(H,29,33). The Balaban J connectivity index is 1.48. The number of hydrogen-bond donors (Lipinski definition) is 3. The van der Waals surface area contributed by atoms with Gasteiger partial charge in [-0.1, -0.05) is 0 Å². The van der Waals surface area contributed by atoms with Crippen molar-refractivity contribution < 1.29 is 33.4 Å². The van der Waals surface area contributed by atoms with Gasteiger partial charge in [0.2, 0.25) is 12.3 Å². The molecule has 0 radical (unpaired) electrons. The van der Waals surface area contributed by atoms with Gasteiger partial charge in [-0.05, 0) is 42.5 Å². The van der Waals surface area contributed by atoms with Crippen molar-refractivity contribution in [2.24, 2.45) is 0 Å². The molecule has 2 unspecified atom stereocenters. The number of nitrogens with one attached hydrogen (secondary N) is 2. The van der Waals surface area contributed by atoms with Crippen LogP contribution in [0.4, 0.5) is 4.39 Å². The van der Waals surface area contributed by atoms with Gasteiger partial charge in [0.15, 0.2) is 6.10 Å². The predicted molar refractivity (Wildman–Crippen MR) is 129 cm³/mol. The van der Waals surface area contributed by atoms with E-state index in [0.29, 0.717) is 41.7 Å². The number of hydrogen-bond acceptors (Lipinski definition) is 8. The highest BCUT2D eigenvalue weighted by Gasteiger charge is 2.37. The van der Waals surface area contributed by atoms with Gasteiger partial charge in [0.25, 0.3) is 5.56 Å². The van der Waals surface area contributed by atoms with Crippen molar-refractivity contribution in [3.8, 4) is 11.4 Å². The smallest absolute Gasteiger partial charge is 0.340 e. The number of fused-ring (bicyclic) bond motifs is 5. The molecule has 0 saturated heterocycles. The van der Waals surface area contributed by atoms with Gasteiger partial charge >= 0.3 is 5.97 Å². The number of aryl methyl sites for hydroxylation is 1. The van der Waals surface area contributed by atoms with E-state index in [1.807, 2.05) is 0 Å². The van der Waals surface area contributed by atoms with Gasteiger partial charge in [0, 0.05) is 22.6 Å². The summed E-state index contributed by atoms with van der Waals surface area (Å²) < 4.78 is 27.4. The molecule has 2 amide bonds. The van der Waals surface area contributed by atoms with E-state index in [4.69, 9.17) is 14.5 Å². The van der Waals surface area contributed by atoms with Crippen LogP contribution in [-0.2, 0) is 43.4 Å². The highest BCUT2D eigenvalue weighted by molar-refractivity contribution is 5.93. The van der Waals surface area contributed by atoms with Crippen LogP contribution in [0.15, 0.2) is 16.9 Å². The number of cyclic esters (lactones) is 1. The summed E-state index contributed by atoms with van der Waals surface area (Å²) in [6.07, 6.45) is -0.601. The summed E-state index contributed by atoms with van der Waals surface area (Å²) in [5, 5.41) is 16.0. The van der Waals surface area contributed by atoms with Crippen LogP contribution < -0.4 is 16.2 Å². The van der Waals surface area contributed by atoms with E-state index in [0.717, 1.165) is 22.1 Å². The zero-order chi connectivity index (χ0) is 26.7. The molecule has 38 heavy (non-hydrogen) atoms. The number of nitrogens with zero attached hydrogens (tertiary/aromatic N) is 2. The van der Waals surface area contributed by atoms with Crippen LogP contribution in [0.5, 0.6) is 0 Å². The second kappa shape index (κ2) is 8.99. The van der Waals surface area contributed by atoms with Crippen molar-refractivity contribution in [2.45, 2.75) is 45.1 Å². The maximum Gasteiger partial charge on any atom is 0.340 e. The molecule has 12 heteroatoms. The Morgan fingerprint density at radius 1 is 1.32 bits per heavy atom. The number of carbonyl (C=O) groups is 3. The van der Waals surface area contributed by atoms with Gasteiger partial charge in [0.05, 0.1) is 41.7 Å². The molecule has 6 rings (SSSR count). The molecular weight excluding hydrogens is 499 g/mol. The van der Waals surface area contributed by atoms with Gasteiger partial charge in [-0.2, -0.15) is 0 Å². The molecule has 2 aliphatic heterocycles. The van der Waals surface area contributed by atoms with Crippen LogP contribution in [0.2, 0.25) is 0 Å². The average molecular weight is 522 g/mol. The minimum Gasteiger partial charge on any atom is -0.458 e. The van der Waals surface area contributed by atoms with Crippen molar-refractivity contribution in [3.05, 3.63) is 61.7 Å². The fourth-order valence-electron chi connectivity index (χ4n) is 5.65. The van der Waals surface area contributed by atoms with Gasteiger partial charge in [-0.15, -0.1) is 0 Å². The summed E-state index contributed by atoms with van der Waals surface area (Å²) in [5.41, 5.74) is 4.08. The predicted octanol–water partition coefficient (Wildman–Crippen LogP) is 0.787. The lowest BCUT2D eigenvalue weighted by Crippen LogP contribution is -2.35. The van der Waals surface area contributed by atoms with Crippen LogP contribution in [0, 0.1) is 12.7 Å². The van der Waals surface area contributed by atoms with Crippen LogP contribution in [0.1, 0.15) is 52.0 Å². The van der Waals surface area contributed by atoms with E-state index >= 15 is 0 Å². The molecule has 3 aliphatic rings. The molecule has 0 saturated carbocycles. The first-order chi connectivity index (χ1) is 18.3. The molecule has 0 bridgehead atoms. The first kappa shape index (κ1) is 24.2. The van der Waals surface area contributed by atoms with Crippen molar-refractivity contribution in [1.82, 2.24) is 20.2 Å². The second-order valence-corrected chi connectivity index (χ2v) is 9.51. The summed E-state index contributed by atoms with van der Waals surface area (Å²) in [6, 6.07) is 2.93. The topological polar surface area (TPSA) is 149 Å². The largest absolute Gasteiger partial charge is 0.458 e. The molecule has 3 aromatic rings. The molecule has 0 spiro atoms. The lowest BCUT2D eigenvalue weighted by atomic mass is 9.83. The summed E-state index contributed by atoms with van der Waals surface area (Å²) in [5.74, 6) is -1.64. The molecule has 1 aromatic carbocycles. The normalized spacial score (nSPS) is 18.9. The highest BCUT2D eigenvalue weighted by Crippen LogP contribution is 2.46. The Morgan fingerprint density at radius 3 is 2.92 bits per heavy atom. The Bertz CT molecular complexity index is 1620. The summed E-state index contributed by atoms with van der Waals surface area (Å²) in [6.45, 7) is 1.35. The van der Waals surface area contributed by atoms with Crippen molar-refractivity contribution >= 4 is 29.2 Å². The van der Waals surface area contributed by atoms with E-state index < -0.39 is 29.6 Å². The van der Waals surface area contributed by atoms with E-state index in [1.165, 1.54) is 10.6 Å². The van der Waals surface area contributed by atoms with E-state index in [2.05, 4.69) is 10.6 Å². The van der Waals surface area contributed by atoms with E-state index in [-0.39, 0.29) is 43.4 Å². The number of amides is 2. The minimum atomic E-state index is -1.58. The monoisotopic (exact) mass is 522 g/mol. The van der Waals surface area contributed by atoms with Crippen LogP contribution in [-0.4, -0.2) is 46.2 Å². The first-order valence-corrected chi connectivity index (χ1v) is 12.1. The number of esters is 1. The summed E-state index contributed by atoms with van der Waals surface area (Å²) in [4.78, 5) is 52.4. The molecule has 2 atom stereocenters. The Labute approximate surface area is 214 Å². The molecule has 0 fully saturated rings. The van der Waals surface area contributed by atoms with Crippen LogP contribution in [0.3, 0.4) is 0 Å². The molecule has 196 valence electrons. The van der Waals surface area contributed by atoms with Crippen molar-refractivity contribution in [1.29, 1.82) is 0 Å². The minimum absolute atomic E-state index is 0.120. The number of carbonyl (C=O) groups excluding carboxylic acids is 3. The third-order valence-electron chi connectivity index (χ3n) is 7.49. The van der Waals surface area contributed by atoms with Crippen molar-refractivity contribution in [2.75, 3.05) is 13.3 Å². The number of aromatic nitrogens is 2. The Hall–Kier alpha value is -4.16. The molecule has 1 aliphatic carbocycles. The average Bonchev–Trinajstić information content (AvgIpc) is 3.27. The molecule has 11 nitrogen and oxygen atoms in total. The van der Waals surface area contributed by atoms with Crippen LogP contribution >= 0.6 is 0 Å². The lowest BCUT2D eigenvalue weighted by molar-refractivity contribution is -0.157. The fourth-order valence-corrected chi connectivity index (χ4v) is 5.65. The van der Waals surface area contributed by atoms with Gasteiger partial charge in [0.1, 0.15) is 19.2 Å². The maximum absolute atomic E-state index is 14.9. The first-order valence-electron chi connectivity index (χ1n) is 12.1. The summed E-state index contributed by atoms with van der Waals surface area (Å²) >= 11 is 0. The number of aliphatic hydroxyl groups is 1. The highest BCUT2D eigenvalue weighted by atomic mass is 19.1. The van der Waals surface area contributed by atoms with Gasteiger partial charge in [-0.3, -0.25) is 14.4 Å².